The van der Waals surface area contributed by atoms with Gasteiger partial charge in [-0.05, 0) is 38.5 Å². The molecule has 4 aromatic rings. The van der Waals surface area contributed by atoms with Crippen LogP contribution in [0.2, 0.25) is 0 Å². The van der Waals surface area contributed by atoms with Crippen molar-refractivity contribution in [2.24, 2.45) is 7.05 Å². The summed E-state index contributed by atoms with van der Waals surface area (Å²) in [6.07, 6.45) is 1.69. The minimum Gasteiger partial charge on any atom is -0.477 e. The summed E-state index contributed by atoms with van der Waals surface area (Å²) in [5, 5.41) is 19.0. The van der Waals surface area contributed by atoms with Crippen molar-refractivity contribution in [1.82, 2.24) is 29.4 Å². The molecule has 0 aliphatic carbocycles. The first-order valence-corrected chi connectivity index (χ1v) is 7.77. The second kappa shape index (κ2) is 5.10. The monoisotopic (exact) mass is 336 g/mol. The lowest BCUT2D eigenvalue weighted by Gasteiger charge is -2.05. The summed E-state index contributed by atoms with van der Waals surface area (Å²) in [5.41, 5.74) is 5.05. The molecule has 0 fully saturated rings. The van der Waals surface area contributed by atoms with E-state index < -0.39 is 5.97 Å². The Morgan fingerprint density at radius 3 is 2.56 bits per heavy atom. The molecule has 1 N–H and O–H groups in total. The van der Waals surface area contributed by atoms with Crippen LogP contribution in [0.3, 0.4) is 0 Å². The average Bonchev–Trinajstić information content (AvgIpc) is 3.06. The predicted octanol–water partition coefficient (Wildman–Crippen LogP) is 2.30. The molecule has 0 bridgehead atoms. The molecule has 0 amide bonds. The third-order valence-electron chi connectivity index (χ3n) is 4.40. The molecule has 0 unspecified atom stereocenters. The molecule has 0 aliphatic heterocycles. The number of hydrogen-bond acceptors (Lipinski definition) is 5. The quantitative estimate of drug-likeness (QED) is 0.603. The molecular weight excluding hydrogens is 320 g/mol. The minimum absolute atomic E-state index is 0.0401. The van der Waals surface area contributed by atoms with Crippen LogP contribution in [0, 0.1) is 20.8 Å². The normalized spacial score (nSPS) is 11.5. The molecule has 0 radical (unpaired) electrons. The Morgan fingerprint density at radius 2 is 1.92 bits per heavy atom. The van der Waals surface area contributed by atoms with E-state index in [0.29, 0.717) is 17.0 Å². The Bertz CT molecular complexity index is 1170. The second-order valence-corrected chi connectivity index (χ2v) is 6.11. The molecule has 4 rings (SSSR count). The van der Waals surface area contributed by atoms with E-state index in [2.05, 4.69) is 20.2 Å². The number of carboxylic acids is 1. The number of carbonyl (C=O) groups is 1. The van der Waals surface area contributed by atoms with E-state index in [1.54, 1.807) is 10.9 Å². The Morgan fingerprint density at radius 1 is 1.16 bits per heavy atom. The second-order valence-electron chi connectivity index (χ2n) is 6.11. The largest absolute Gasteiger partial charge is 0.477 e. The SMILES string of the molecule is Cc1cc(C)c2c(n1)nn1c(C(=O)O)cc(-c3cnn(C)c3C)nc21. The van der Waals surface area contributed by atoms with Gasteiger partial charge in [0.2, 0.25) is 0 Å². The number of rotatable bonds is 2. The van der Waals surface area contributed by atoms with E-state index in [-0.39, 0.29) is 5.69 Å². The third kappa shape index (κ3) is 2.18. The molecule has 0 saturated carbocycles. The van der Waals surface area contributed by atoms with Gasteiger partial charge in [0.25, 0.3) is 0 Å². The molecule has 0 aromatic carbocycles. The number of pyridine rings is 1. The molecule has 4 aromatic heterocycles. The van der Waals surface area contributed by atoms with Crippen molar-refractivity contribution in [2.75, 3.05) is 0 Å². The van der Waals surface area contributed by atoms with E-state index in [0.717, 1.165) is 27.9 Å². The zero-order chi connectivity index (χ0) is 17.9. The smallest absolute Gasteiger partial charge is 0.354 e. The fourth-order valence-corrected chi connectivity index (χ4v) is 3.06. The van der Waals surface area contributed by atoms with E-state index in [1.807, 2.05) is 33.9 Å². The summed E-state index contributed by atoms with van der Waals surface area (Å²) in [5.74, 6) is -1.07. The van der Waals surface area contributed by atoms with Gasteiger partial charge in [0, 0.05) is 24.0 Å². The number of hydrogen-bond donors (Lipinski definition) is 1. The van der Waals surface area contributed by atoms with Crippen LogP contribution in [-0.4, -0.2) is 40.4 Å². The van der Waals surface area contributed by atoms with Gasteiger partial charge in [-0.25, -0.2) is 19.3 Å². The van der Waals surface area contributed by atoms with E-state index in [4.69, 9.17) is 0 Å². The number of aryl methyl sites for hydroxylation is 3. The van der Waals surface area contributed by atoms with E-state index in [9.17, 15) is 9.90 Å². The van der Waals surface area contributed by atoms with Gasteiger partial charge in [0.05, 0.1) is 17.3 Å². The maximum atomic E-state index is 11.8. The first kappa shape index (κ1) is 15.3. The summed E-state index contributed by atoms with van der Waals surface area (Å²) >= 11 is 0. The van der Waals surface area contributed by atoms with Gasteiger partial charge in [-0.15, -0.1) is 5.10 Å². The number of aromatic nitrogens is 6. The van der Waals surface area contributed by atoms with Crippen LogP contribution in [0.25, 0.3) is 27.9 Å². The highest BCUT2D eigenvalue weighted by atomic mass is 16.4. The van der Waals surface area contributed by atoms with Crippen molar-refractivity contribution in [3.05, 3.63) is 41.0 Å². The van der Waals surface area contributed by atoms with Gasteiger partial charge < -0.3 is 5.11 Å². The van der Waals surface area contributed by atoms with Crippen LogP contribution in [0.1, 0.15) is 27.4 Å². The maximum Gasteiger partial charge on any atom is 0.354 e. The van der Waals surface area contributed by atoms with Gasteiger partial charge >= 0.3 is 5.97 Å². The molecule has 0 atom stereocenters. The van der Waals surface area contributed by atoms with Crippen LogP contribution in [0.15, 0.2) is 18.3 Å². The number of nitrogens with zero attached hydrogens (tertiary/aromatic N) is 6. The number of fused-ring (bicyclic) bond motifs is 3. The highest BCUT2D eigenvalue weighted by molar-refractivity contribution is 5.96. The fourth-order valence-electron chi connectivity index (χ4n) is 3.06. The summed E-state index contributed by atoms with van der Waals surface area (Å²) in [6, 6.07) is 3.46. The number of aromatic carboxylic acids is 1. The summed E-state index contributed by atoms with van der Waals surface area (Å²) in [6.45, 7) is 5.74. The van der Waals surface area contributed by atoms with Gasteiger partial charge in [-0.2, -0.15) is 5.10 Å². The molecule has 25 heavy (non-hydrogen) atoms. The molecule has 126 valence electrons. The summed E-state index contributed by atoms with van der Waals surface area (Å²) < 4.78 is 3.08. The fraction of sp³-hybridized carbons (Fsp3) is 0.235. The molecule has 8 heteroatoms. The van der Waals surface area contributed by atoms with Gasteiger partial charge in [0.15, 0.2) is 17.0 Å². The van der Waals surface area contributed by atoms with Crippen LogP contribution in [-0.2, 0) is 7.05 Å². The minimum atomic E-state index is -1.07. The van der Waals surface area contributed by atoms with Gasteiger partial charge in [-0.3, -0.25) is 4.68 Å². The van der Waals surface area contributed by atoms with Crippen molar-refractivity contribution in [2.45, 2.75) is 20.8 Å². The Kier molecular flexibility index (Phi) is 3.11. The lowest BCUT2D eigenvalue weighted by molar-refractivity contribution is 0.0687. The van der Waals surface area contributed by atoms with Crippen LogP contribution < -0.4 is 0 Å². The lowest BCUT2D eigenvalue weighted by Crippen LogP contribution is -2.08. The topological polar surface area (TPSA) is 98.2 Å². The first-order valence-electron chi connectivity index (χ1n) is 7.77. The molecule has 0 spiro atoms. The van der Waals surface area contributed by atoms with Gasteiger partial charge in [0.1, 0.15) is 0 Å². The molecule has 0 saturated heterocycles. The standard InChI is InChI=1S/C17H16N6O2/c1-8-5-9(2)19-15-14(8)16-20-12(11-7-18-22(4)10(11)3)6-13(17(24)25)23(16)21-15/h5-7H,1-4H3,(H,24,25). The van der Waals surface area contributed by atoms with Crippen molar-refractivity contribution in [1.29, 1.82) is 0 Å². The predicted molar refractivity (Wildman–Crippen MR) is 91.7 cm³/mol. The summed E-state index contributed by atoms with van der Waals surface area (Å²) in [7, 11) is 1.83. The molecule has 4 heterocycles. The average molecular weight is 336 g/mol. The maximum absolute atomic E-state index is 11.8. The van der Waals surface area contributed by atoms with Crippen molar-refractivity contribution in [3.8, 4) is 11.3 Å². The van der Waals surface area contributed by atoms with Crippen LogP contribution in [0.5, 0.6) is 0 Å². The van der Waals surface area contributed by atoms with Crippen LogP contribution in [0.4, 0.5) is 0 Å². The zero-order valence-corrected chi connectivity index (χ0v) is 14.3. The Balaban J connectivity index is 2.15. The number of carboxylic acid groups (broad SMARTS) is 1. The Labute approximate surface area is 142 Å². The Hall–Kier alpha value is -3.29. The van der Waals surface area contributed by atoms with E-state index >= 15 is 0 Å². The highest BCUT2D eigenvalue weighted by Crippen LogP contribution is 2.27. The van der Waals surface area contributed by atoms with Crippen molar-refractivity contribution < 1.29 is 9.90 Å². The molecular formula is C17H16N6O2. The lowest BCUT2D eigenvalue weighted by atomic mass is 10.1. The third-order valence-corrected chi connectivity index (χ3v) is 4.40. The molecule has 8 nitrogen and oxygen atoms in total. The van der Waals surface area contributed by atoms with Gasteiger partial charge in [-0.1, -0.05) is 0 Å². The van der Waals surface area contributed by atoms with E-state index in [1.165, 1.54) is 10.6 Å². The molecule has 0 aliphatic rings. The van der Waals surface area contributed by atoms with Crippen molar-refractivity contribution in [3.63, 3.8) is 0 Å². The summed E-state index contributed by atoms with van der Waals surface area (Å²) in [4.78, 5) is 20.9. The first-order chi connectivity index (χ1) is 11.9. The highest BCUT2D eigenvalue weighted by Gasteiger charge is 2.20. The van der Waals surface area contributed by atoms with Crippen LogP contribution >= 0.6 is 0 Å². The van der Waals surface area contributed by atoms with Crippen molar-refractivity contribution >= 4 is 22.6 Å². The zero-order valence-electron chi connectivity index (χ0n) is 14.3.